The topological polar surface area (TPSA) is 41.6 Å². The number of nitrogens with zero attached hydrogens (tertiary/aromatic N) is 1. The van der Waals surface area contributed by atoms with Crippen molar-refractivity contribution in [1.82, 2.24) is 4.90 Å². The zero-order valence-corrected chi connectivity index (χ0v) is 16.8. The Bertz CT molecular complexity index is 662. The van der Waals surface area contributed by atoms with Crippen molar-refractivity contribution < 1.29 is 9.53 Å². The van der Waals surface area contributed by atoms with Crippen LogP contribution in [0.5, 0.6) is 0 Å². The summed E-state index contributed by atoms with van der Waals surface area (Å²) in [4.78, 5) is 15.4. The first-order valence-corrected chi connectivity index (χ1v) is 11.0. The second kappa shape index (κ2) is 8.22. The molecule has 1 N–H and O–H groups in total. The summed E-state index contributed by atoms with van der Waals surface area (Å²) in [5, 5.41) is 2.96. The molecule has 1 saturated carbocycles. The molecule has 2 heterocycles. The predicted octanol–water partition coefficient (Wildman–Crippen LogP) is 5.37. The molecule has 148 valence electrons. The fourth-order valence-electron chi connectivity index (χ4n) is 5.85. The van der Waals surface area contributed by atoms with Crippen LogP contribution in [0, 0.1) is 18.8 Å². The van der Waals surface area contributed by atoms with Gasteiger partial charge in [0.2, 0.25) is 0 Å². The van der Waals surface area contributed by atoms with Crippen LogP contribution in [-0.2, 0) is 4.74 Å². The summed E-state index contributed by atoms with van der Waals surface area (Å²) in [5.41, 5.74) is 1.92. The molecule has 1 aliphatic carbocycles. The molecule has 2 aliphatic heterocycles. The molecule has 4 heteroatoms. The van der Waals surface area contributed by atoms with E-state index in [4.69, 9.17) is 4.74 Å². The van der Waals surface area contributed by atoms with Gasteiger partial charge in [0.15, 0.2) is 0 Å². The van der Waals surface area contributed by atoms with Gasteiger partial charge in [-0.15, -0.1) is 0 Å². The highest BCUT2D eigenvalue weighted by molar-refractivity contribution is 5.85. The Morgan fingerprint density at radius 3 is 2.93 bits per heavy atom. The average Bonchev–Trinajstić information content (AvgIpc) is 3.03. The van der Waals surface area contributed by atoms with Gasteiger partial charge in [-0.05, 0) is 63.1 Å². The van der Waals surface area contributed by atoms with Crippen LogP contribution in [0.25, 0.3) is 0 Å². The van der Waals surface area contributed by atoms with Gasteiger partial charge in [-0.2, -0.15) is 0 Å². The summed E-state index contributed by atoms with van der Waals surface area (Å²) in [6, 6.07) is 9.21. The number of hydrogen-bond acceptors (Lipinski definition) is 3. The zero-order chi connectivity index (χ0) is 18.8. The molecule has 3 aliphatic rings. The standard InChI is InChI=1S/C23H34N2O2/c1-3-4-11-20-17-14-18(21-12-7-8-13-25(20)21)22(15-17)27-23(26)24-19-10-6-5-9-16(19)2/h5-6,9-10,17-18,20-22H,3-4,7-8,11-15H2,1-2H3,(H,24,26)/t17-,18-,20+,21-,22-/m1/s1. The summed E-state index contributed by atoms with van der Waals surface area (Å²) in [6.07, 6.45) is 9.92. The van der Waals surface area contributed by atoms with Gasteiger partial charge >= 0.3 is 6.09 Å². The number of carbonyl (C=O) groups is 1. The second-order valence-corrected chi connectivity index (χ2v) is 8.79. The van der Waals surface area contributed by atoms with Crippen LogP contribution in [0.1, 0.15) is 63.9 Å². The number of fused-ring (bicyclic) bond motifs is 4. The lowest BCUT2D eigenvalue weighted by atomic mass is 9.79. The summed E-state index contributed by atoms with van der Waals surface area (Å²) in [6.45, 7) is 5.54. The third-order valence-electron chi connectivity index (χ3n) is 7.14. The van der Waals surface area contributed by atoms with Crippen molar-refractivity contribution in [1.29, 1.82) is 0 Å². The van der Waals surface area contributed by atoms with E-state index in [2.05, 4.69) is 17.1 Å². The van der Waals surface area contributed by atoms with Crippen molar-refractivity contribution in [2.45, 2.75) is 83.4 Å². The minimum atomic E-state index is -0.283. The first-order chi connectivity index (χ1) is 13.2. The molecule has 0 unspecified atom stereocenters. The fraction of sp³-hybridized carbons (Fsp3) is 0.696. The van der Waals surface area contributed by atoms with E-state index in [1.54, 1.807) is 0 Å². The number of piperidine rings is 2. The van der Waals surface area contributed by atoms with Crippen LogP contribution >= 0.6 is 0 Å². The molecule has 4 rings (SSSR count). The van der Waals surface area contributed by atoms with E-state index in [0.717, 1.165) is 17.7 Å². The van der Waals surface area contributed by atoms with Gasteiger partial charge in [0.25, 0.3) is 0 Å². The molecule has 3 fully saturated rings. The molecule has 0 radical (unpaired) electrons. The second-order valence-electron chi connectivity index (χ2n) is 8.79. The van der Waals surface area contributed by atoms with E-state index in [1.165, 1.54) is 51.5 Å². The number of benzene rings is 1. The number of rotatable bonds is 5. The van der Waals surface area contributed by atoms with Crippen molar-refractivity contribution in [3.8, 4) is 0 Å². The molecule has 27 heavy (non-hydrogen) atoms. The third-order valence-corrected chi connectivity index (χ3v) is 7.14. The highest BCUT2D eigenvalue weighted by atomic mass is 16.6. The fourth-order valence-corrected chi connectivity index (χ4v) is 5.85. The number of para-hydroxylation sites is 1. The Morgan fingerprint density at radius 1 is 1.26 bits per heavy atom. The van der Waals surface area contributed by atoms with Crippen LogP contribution in [0.3, 0.4) is 0 Å². The van der Waals surface area contributed by atoms with Crippen LogP contribution in [-0.4, -0.2) is 35.7 Å². The van der Waals surface area contributed by atoms with Crippen molar-refractivity contribution >= 4 is 11.8 Å². The van der Waals surface area contributed by atoms with E-state index in [9.17, 15) is 4.79 Å². The summed E-state index contributed by atoms with van der Waals surface area (Å²) < 4.78 is 6.01. The zero-order valence-electron chi connectivity index (χ0n) is 16.8. The van der Waals surface area contributed by atoms with Gasteiger partial charge in [0, 0.05) is 23.7 Å². The van der Waals surface area contributed by atoms with Crippen molar-refractivity contribution in [3.05, 3.63) is 29.8 Å². The van der Waals surface area contributed by atoms with Crippen molar-refractivity contribution in [2.24, 2.45) is 11.8 Å². The average molecular weight is 371 g/mol. The molecule has 4 nitrogen and oxygen atoms in total. The quantitative estimate of drug-likeness (QED) is 0.758. The van der Waals surface area contributed by atoms with Gasteiger partial charge < -0.3 is 4.74 Å². The number of amides is 1. The number of unbranched alkanes of at least 4 members (excludes halogenated alkanes) is 1. The van der Waals surface area contributed by atoms with E-state index in [0.29, 0.717) is 23.9 Å². The smallest absolute Gasteiger partial charge is 0.411 e. The van der Waals surface area contributed by atoms with E-state index in [-0.39, 0.29) is 12.2 Å². The van der Waals surface area contributed by atoms with E-state index in [1.807, 2.05) is 31.2 Å². The molecule has 2 bridgehead atoms. The molecule has 1 aromatic rings. The molecule has 0 spiro atoms. The lowest BCUT2D eigenvalue weighted by Gasteiger charge is -2.49. The first-order valence-electron chi connectivity index (χ1n) is 11.0. The van der Waals surface area contributed by atoms with Crippen LogP contribution in [0.4, 0.5) is 10.5 Å². The molecule has 0 aromatic heterocycles. The first kappa shape index (κ1) is 18.8. The molecule has 5 atom stereocenters. The predicted molar refractivity (Wildman–Crippen MR) is 109 cm³/mol. The highest BCUT2D eigenvalue weighted by Gasteiger charge is 2.52. The number of ether oxygens (including phenoxy) is 1. The van der Waals surface area contributed by atoms with Crippen molar-refractivity contribution in [2.75, 3.05) is 11.9 Å². The normalized spacial score (nSPS) is 32.7. The van der Waals surface area contributed by atoms with E-state index < -0.39 is 0 Å². The number of nitrogens with one attached hydrogen (secondary N) is 1. The van der Waals surface area contributed by atoms with Gasteiger partial charge in [-0.1, -0.05) is 44.4 Å². The van der Waals surface area contributed by atoms with Crippen LogP contribution in [0.15, 0.2) is 24.3 Å². The maximum absolute atomic E-state index is 12.6. The number of anilines is 1. The number of aryl methyl sites for hydroxylation is 1. The van der Waals surface area contributed by atoms with E-state index >= 15 is 0 Å². The minimum Gasteiger partial charge on any atom is -0.446 e. The molecular formula is C23H34N2O2. The minimum absolute atomic E-state index is 0.0799. The Balaban J connectivity index is 1.44. The Morgan fingerprint density at radius 2 is 2.11 bits per heavy atom. The third kappa shape index (κ3) is 3.87. The van der Waals surface area contributed by atoms with Gasteiger partial charge in [-0.25, -0.2) is 4.79 Å². The molecule has 1 amide bonds. The van der Waals surface area contributed by atoms with Crippen LogP contribution in [0.2, 0.25) is 0 Å². The number of carbonyl (C=O) groups excluding carboxylic acids is 1. The largest absolute Gasteiger partial charge is 0.446 e. The van der Waals surface area contributed by atoms with Crippen LogP contribution < -0.4 is 5.32 Å². The lowest BCUT2D eigenvalue weighted by molar-refractivity contribution is -0.0177. The summed E-state index contributed by atoms with van der Waals surface area (Å²) >= 11 is 0. The molecule has 1 aromatic carbocycles. The number of hydrogen-bond donors (Lipinski definition) is 1. The maximum atomic E-state index is 12.6. The Hall–Kier alpha value is -1.55. The summed E-state index contributed by atoms with van der Waals surface area (Å²) in [5.74, 6) is 1.22. The molecular weight excluding hydrogens is 336 g/mol. The Kier molecular flexibility index (Phi) is 5.72. The maximum Gasteiger partial charge on any atom is 0.411 e. The van der Waals surface area contributed by atoms with Gasteiger partial charge in [-0.3, -0.25) is 10.2 Å². The molecule has 2 saturated heterocycles. The van der Waals surface area contributed by atoms with Gasteiger partial charge in [0.1, 0.15) is 6.10 Å². The lowest BCUT2D eigenvalue weighted by Crippen LogP contribution is -2.55. The van der Waals surface area contributed by atoms with Crippen molar-refractivity contribution in [3.63, 3.8) is 0 Å². The Labute approximate surface area is 163 Å². The highest BCUT2D eigenvalue weighted by Crippen LogP contribution is 2.49. The van der Waals surface area contributed by atoms with Gasteiger partial charge in [0.05, 0.1) is 0 Å². The summed E-state index contributed by atoms with van der Waals surface area (Å²) in [7, 11) is 0. The SMILES string of the molecule is CCCC[C@H]1[C@@H]2C[C@H]([C@H]3CCCCN31)[C@H](OC(=O)Nc1ccccc1C)C2. The monoisotopic (exact) mass is 370 g/mol.